The summed E-state index contributed by atoms with van der Waals surface area (Å²) < 4.78 is 4.72. The summed E-state index contributed by atoms with van der Waals surface area (Å²) >= 11 is 3.65. The highest BCUT2D eigenvalue weighted by Crippen LogP contribution is 2.30. The molecule has 0 aromatic heterocycles. The van der Waals surface area contributed by atoms with Crippen molar-refractivity contribution in [3.63, 3.8) is 0 Å². The Labute approximate surface area is 115 Å². The lowest BCUT2D eigenvalue weighted by Crippen LogP contribution is -2.02. The third-order valence-electron chi connectivity index (χ3n) is 2.69. The van der Waals surface area contributed by atoms with E-state index in [1.54, 1.807) is 6.07 Å². The van der Waals surface area contributed by atoms with Gasteiger partial charge in [0.25, 0.3) is 0 Å². The molecule has 2 aromatic carbocycles. The van der Waals surface area contributed by atoms with Crippen molar-refractivity contribution in [2.45, 2.75) is 4.83 Å². The molecular formula is C15H13BrO2. The van der Waals surface area contributed by atoms with E-state index >= 15 is 0 Å². The summed E-state index contributed by atoms with van der Waals surface area (Å²) in [5.74, 6) is -0.315. The van der Waals surface area contributed by atoms with E-state index < -0.39 is 0 Å². The molecule has 0 amide bonds. The molecule has 0 N–H and O–H groups in total. The highest BCUT2D eigenvalue weighted by Gasteiger charge is 2.12. The van der Waals surface area contributed by atoms with Crippen LogP contribution in [0.25, 0.3) is 0 Å². The Morgan fingerprint density at radius 2 is 1.72 bits per heavy atom. The molecule has 0 aliphatic heterocycles. The lowest BCUT2D eigenvalue weighted by molar-refractivity contribution is 0.0600. The van der Waals surface area contributed by atoms with Gasteiger partial charge in [0.15, 0.2) is 0 Å². The number of alkyl halides is 1. The van der Waals surface area contributed by atoms with Crippen molar-refractivity contribution in [2.24, 2.45) is 0 Å². The lowest BCUT2D eigenvalue weighted by atomic mass is 10.0. The van der Waals surface area contributed by atoms with E-state index in [4.69, 9.17) is 4.74 Å². The molecule has 2 aromatic rings. The van der Waals surface area contributed by atoms with Gasteiger partial charge in [-0.1, -0.05) is 58.4 Å². The van der Waals surface area contributed by atoms with Crippen molar-refractivity contribution >= 4 is 21.9 Å². The maximum Gasteiger partial charge on any atom is 0.337 e. The summed E-state index contributed by atoms with van der Waals surface area (Å²) in [7, 11) is 1.39. The molecule has 1 atom stereocenters. The molecule has 0 bridgehead atoms. The van der Waals surface area contributed by atoms with Crippen molar-refractivity contribution in [3.8, 4) is 0 Å². The number of hydrogen-bond donors (Lipinski definition) is 0. The van der Waals surface area contributed by atoms with Gasteiger partial charge in [-0.25, -0.2) is 4.79 Å². The Morgan fingerprint density at radius 1 is 1.06 bits per heavy atom. The van der Waals surface area contributed by atoms with Crippen LogP contribution in [0.1, 0.15) is 26.3 Å². The summed E-state index contributed by atoms with van der Waals surface area (Å²) in [6, 6.07) is 17.5. The van der Waals surface area contributed by atoms with Gasteiger partial charge in [-0.3, -0.25) is 0 Å². The molecular weight excluding hydrogens is 292 g/mol. The molecule has 0 radical (unpaired) electrons. The summed E-state index contributed by atoms with van der Waals surface area (Å²) in [6.07, 6.45) is 0. The number of rotatable bonds is 3. The minimum absolute atomic E-state index is 0.0725. The predicted octanol–water partition coefficient (Wildman–Crippen LogP) is 3.96. The molecule has 2 rings (SSSR count). The van der Waals surface area contributed by atoms with E-state index in [1.807, 2.05) is 48.5 Å². The number of methoxy groups -OCH3 is 1. The fourth-order valence-electron chi connectivity index (χ4n) is 1.76. The summed E-state index contributed by atoms with van der Waals surface area (Å²) in [5.41, 5.74) is 2.75. The zero-order valence-electron chi connectivity index (χ0n) is 9.97. The topological polar surface area (TPSA) is 26.3 Å². The molecule has 2 nitrogen and oxygen atoms in total. The van der Waals surface area contributed by atoms with Crippen LogP contribution in [0.2, 0.25) is 0 Å². The fourth-order valence-corrected chi connectivity index (χ4v) is 2.35. The second-order valence-electron chi connectivity index (χ2n) is 3.89. The van der Waals surface area contributed by atoms with Crippen LogP contribution >= 0.6 is 15.9 Å². The number of esters is 1. The van der Waals surface area contributed by atoms with Gasteiger partial charge >= 0.3 is 5.97 Å². The van der Waals surface area contributed by atoms with Crippen LogP contribution in [0.15, 0.2) is 54.6 Å². The molecule has 3 heteroatoms. The number of ether oxygens (including phenoxy) is 1. The first-order valence-electron chi connectivity index (χ1n) is 5.59. The van der Waals surface area contributed by atoms with Gasteiger partial charge in [-0.2, -0.15) is 0 Å². The molecule has 0 aliphatic carbocycles. The smallest absolute Gasteiger partial charge is 0.337 e. The van der Waals surface area contributed by atoms with Crippen LogP contribution in [0, 0.1) is 0 Å². The Kier molecular flexibility index (Phi) is 4.15. The Hall–Kier alpha value is -1.61. The second-order valence-corrected chi connectivity index (χ2v) is 4.81. The Balaban J connectivity index is 2.31. The van der Waals surface area contributed by atoms with Crippen LogP contribution in [0.5, 0.6) is 0 Å². The molecule has 1 unspecified atom stereocenters. The monoisotopic (exact) mass is 304 g/mol. The van der Waals surface area contributed by atoms with Crippen LogP contribution in [-0.2, 0) is 4.74 Å². The molecule has 0 saturated heterocycles. The van der Waals surface area contributed by atoms with Crippen molar-refractivity contribution in [1.29, 1.82) is 0 Å². The SMILES string of the molecule is COC(=O)c1cccc(C(Br)c2ccccc2)c1. The van der Waals surface area contributed by atoms with E-state index in [2.05, 4.69) is 15.9 Å². The van der Waals surface area contributed by atoms with Crippen molar-refractivity contribution in [3.05, 3.63) is 71.3 Å². The first kappa shape index (κ1) is 12.8. The maximum absolute atomic E-state index is 11.5. The van der Waals surface area contributed by atoms with E-state index in [9.17, 15) is 4.79 Å². The van der Waals surface area contributed by atoms with Crippen LogP contribution in [0.4, 0.5) is 0 Å². The molecule has 0 aliphatic rings. The van der Waals surface area contributed by atoms with Gasteiger partial charge in [0.1, 0.15) is 0 Å². The molecule has 0 fully saturated rings. The number of benzene rings is 2. The third kappa shape index (κ3) is 2.79. The first-order chi connectivity index (χ1) is 8.72. The van der Waals surface area contributed by atoms with Gasteiger partial charge in [0.05, 0.1) is 17.5 Å². The van der Waals surface area contributed by atoms with Gasteiger partial charge in [-0.05, 0) is 23.3 Å². The molecule has 92 valence electrons. The van der Waals surface area contributed by atoms with E-state index in [1.165, 1.54) is 7.11 Å². The molecule has 0 saturated carbocycles. The van der Waals surface area contributed by atoms with E-state index in [-0.39, 0.29) is 10.8 Å². The summed E-state index contributed by atoms with van der Waals surface area (Å²) in [6.45, 7) is 0. The largest absolute Gasteiger partial charge is 0.465 e. The van der Waals surface area contributed by atoms with Gasteiger partial charge < -0.3 is 4.74 Å². The zero-order valence-corrected chi connectivity index (χ0v) is 11.6. The number of carbonyl (C=O) groups excluding carboxylic acids is 1. The predicted molar refractivity (Wildman–Crippen MR) is 75.0 cm³/mol. The fraction of sp³-hybridized carbons (Fsp3) is 0.133. The van der Waals surface area contributed by atoms with Gasteiger partial charge in [0.2, 0.25) is 0 Å². The molecule has 0 spiro atoms. The normalized spacial score (nSPS) is 11.9. The summed E-state index contributed by atoms with van der Waals surface area (Å²) in [4.78, 5) is 11.6. The zero-order chi connectivity index (χ0) is 13.0. The van der Waals surface area contributed by atoms with Crippen molar-refractivity contribution in [1.82, 2.24) is 0 Å². The average Bonchev–Trinajstić information content (AvgIpc) is 2.46. The quantitative estimate of drug-likeness (QED) is 0.634. The first-order valence-corrected chi connectivity index (χ1v) is 6.51. The van der Waals surface area contributed by atoms with Crippen LogP contribution < -0.4 is 0 Å². The molecule has 18 heavy (non-hydrogen) atoms. The Morgan fingerprint density at radius 3 is 2.39 bits per heavy atom. The number of hydrogen-bond acceptors (Lipinski definition) is 2. The van der Waals surface area contributed by atoms with E-state index in [0.717, 1.165) is 11.1 Å². The van der Waals surface area contributed by atoms with Crippen LogP contribution in [0.3, 0.4) is 0 Å². The Bertz CT molecular complexity index is 537. The minimum atomic E-state index is -0.315. The second kappa shape index (κ2) is 5.83. The number of carbonyl (C=O) groups is 1. The summed E-state index contributed by atoms with van der Waals surface area (Å²) in [5, 5.41) is 0. The molecule has 0 heterocycles. The standard InChI is InChI=1S/C15H13BrO2/c1-18-15(17)13-9-5-8-12(10-13)14(16)11-6-3-2-4-7-11/h2-10,14H,1H3. The highest BCUT2D eigenvalue weighted by atomic mass is 79.9. The average molecular weight is 305 g/mol. The number of halogens is 1. The van der Waals surface area contributed by atoms with E-state index in [0.29, 0.717) is 5.56 Å². The lowest BCUT2D eigenvalue weighted by Gasteiger charge is -2.11. The van der Waals surface area contributed by atoms with Crippen LogP contribution in [-0.4, -0.2) is 13.1 Å². The maximum atomic E-state index is 11.5. The van der Waals surface area contributed by atoms with Crippen molar-refractivity contribution in [2.75, 3.05) is 7.11 Å². The third-order valence-corrected chi connectivity index (χ3v) is 3.75. The van der Waals surface area contributed by atoms with Gasteiger partial charge in [-0.15, -0.1) is 0 Å². The minimum Gasteiger partial charge on any atom is -0.465 e. The van der Waals surface area contributed by atoms with Crippen molar-refractivity contribution < 1.29 is 9.53 Å². The highest BCUT2D eigenvalue weighted by molar-refractivity contribution is 9.09. The van der Waals surface area contributed by atoms with Gasteiger partial charge in [0, 0.05) is 0 Å².